The molecule has 0 saturated heterocycles. The van der Waals surface area contributed by atoms with Gasteiger partial charge >= 0.3 is 0 Å². The van der Waals surface area contributed by atoms with Crippen LogP contribution in [0.3, 0.4) is 0 Å². The molecule has 1 unspecified atom stereocenters. The van der Waals surface area contributed by atoms with Crippen molar-refractivity contribution in [3.63, 3.8) is 0 Å². The molecule has 0 radical (unpaired) electrons. The molecule has 0 aromatic rings. The second-order valence-electron chi connectivity index (χ2n) is 1.09. The summed E-state index contributed by atoms with van der Waals surface area (Å²) in [5.74, 6) is -3.17. The average molecular weight is 216 g/mol. The lowest BCUT2D eigenvalue weighted by Gasteiger charge is -2.03. The van der Waals surface area contributed by atoms with Gasteiger partial charge in [-0.05, 0) is 22.5 Å². The van der Waals surface area contributed by atoms with Crippen molar-refractivity contribution < 1.29 is 4.57 Å². The van der Waals surface area contributed by atoms with Gasteiger partial charge in [0.15, 0.2) is 0 Å². The second-order valence-corrected chi connectivity index (χ2v) is 7.39. The molecule has 50 valence electrons. The van der Waals surface area contributed by atoms with Gasteiger partial charge in [-0.15, -0.1) is 23.2 Å². The molecule has 0 amide bonds. The van der Waals surface area contributed by atoms with Gasteiger partial charge < -0.3 is 0 Å². The lowest BCUT2D eigenvalue weighted by atomic mass is 10.9. The van der Waals surface area contributed by atoms with Gasteiger partial charge in [-0.25, -0.2) is 0 Å². The Kier molecular flexibility index (Phi) is 4.15. The Labute approximate surface area is 67.2 Å². The Bertz CT molecular complexity index is 109. The number of hydrogen-bond acceptors (Lipinski definition) is 1. The molecule has 0 aliphatic heterocycles. The first-order chi connectivity index (χ1) is 3.48. The first kappa shape index (κ1) is 9.39. The van der Waals surface area contributed by atoms with Crippen molar-refractivity contribution in [1.82, 2.24) is 0 Å². The highest BCUT2D eigenvalue weighted by Crippen LogP contribution is 2.62. The standard InChI is InChI=1S/C2H3Cl4OP/c3-1-2(4)8(5,6)7/h2H,1H2. The Hall–Kier alpha value is 1.39. The molecule has 0 aliphatic rings. The van der Waals surface area contributed by atoms with Crippen molar-refractivity contribution in [2.24, 2.45) is 0 Å². The molecule has 1 atom stereocenters. The van der Waals surface area contributed by atoms with E-state index >= 15 is 0 Å². The Balaban J connectivity index is 3.82. The fourth-order valence-electron chi connectivity index (χ4n) is 0.0803. The summed E-state index contributed by atoms with van der Waals surface area (Å²) >= 11 is 20.6. The van der Waals surface area contributed by atoms with Crippen LogP contribution in [0.25, 0.3) is 0 Å². The summed E-state index contributed by atoms with van der Waals surface area (Å²) in [7, 11) is 0. The van der Waals surface area contributed by atoms with Crippen LogP contribution in [0, 0.1) is 0 Å². The molecule has 0 aromatic carbocycles. The lowest BCUT2D eigenvalue weighted by Crippen LogP contribution is -1.92. The molecule has 0 bridgehead atoms. The third-order valence-electron chi connectivity index (χ3n) is 0.453. The molecule has 6 heteroatoms. The molecular formula is C2H3Cl4OP. The minimum absolute atomic E-state index is 0.00579. The lowest BCUT2D eigenvalue weighted by molar-refractivity contribution is 0.592. The molecule has 8 heavy (non-hydrogen) atoms. The van der Waals surface area contributed by atoms with Gasteiger partial charge in [0, 0.05) is 5.88 Å². The third-order valence-corrected chi connectivity index (χ3v) is 4.96. The topological polar surface area (TPSA) is 17.1 Å². The van der Waals surface area contributed by atoms with Crippen LogP contribution < -0.4 is 0 Å². The summed E-state index contributed by atoms with van der Waals surface area (Å²) in [6.45, 7) is 0. The zero-order valence-electron chi connectivity index (χ0n) is 3.65. The van der Waals surface area contributed by atoms with Crippen LogP contribution in [-0.4, -0.2) is 11.0 Å². The molecule has 0 N–H and O–H groups in total. The molecule has 0 rings (SSSR count). The van der Waals surface area contributed by atoms with Crippen LogP contribution in [0.15, 0.2) is 0 Å². The predicted molar refractivity (Wildman–Crippen MR) is 39.7 cm³/mol. The van der Waals surface area contributed by atoms with E-state index in [2.05, 4.69) is 0 Å². The highest BCUT2D eigenvalue weighted by Gasteiger charge is 2.24. The van der Waals surface area contributed by atoms with Gasteiger partial charge in [0.05, 0.1) is 0 Å². The summed E-state index contributed by atoms with van der Waals surface area (Å²) in [6, 6.07) is 0. The van der Waals surface area contributed by atoms with Gasteiger partial charge in [0.2, 0.25) is 0 Å². The molecule has 0 spiro atoms. The van der Waals surface area contributed by atoms with Gasteiger partial charge in [-0.3, -0.25) is 4.57 Å². The number of alkyl halides is 2. The monoisotopic (exact) mass is 214 g/mol. The fourth-order valence-corrected chi connectivity index (χ4v) is 1.66. The molecule has 1 nitrogen and oxygen atoms in total. The van der Waals surface area contributed by atoms with Crippen LogP contribution in [0.2, 0.25) is 0 Å². The van der Waals surface area contributed by atoms with Gasteiger partial charge in [-0.2, -0.15) is 0 Å². The van der Waals surface area contributed by atoms with Crippen molar-refractivity contribution in [3.05, 3.63) is 0 Å². The summed E-state index contributed by atoms with van der Waals surface area (Å²) in [5, 5.41) is -0.826. The van der Waals surface area contributed by atoms with E-state index in [4.69, 9.17) is 45.7 Å². The number of hydrogen-bond donors (Lipinski definition) is 0. The molecule has 0 saturated carbocycles. The van der Waals surface area contributed by atoms with Crippen molar-refractivity contribution in [2.75, 3.05) is 5.88 Å². The first-order valence-corrected chi connectivity index (χ1v) is 6.23. The summed E-state index contributed by atoms with van der Waals surface area (Å²) in [4.78, 5) is 0. The van der Waals surface area contributed by atoms with E-state index in [1.807, 2.05) is 0 Å². The number of rotatable bonds is 2. The Morgan fingerprint density at radius 2 is 1.88 bits per heavy atom. The predicted octanol–water partition coefficient (Wildman–Crippen LogP) is 3.46. The van der Waals surface area contributed by atoms with Crippen molar-refractivity contribution in [1.29, 1.82) is 0 Å². The molecule has 0 aliphatic carbocycles. The summed E-state index contributed by atoms with van der Waals surface area (Å²) in [6.07, 6.45) is 0. The highest BCUT2D eigenvalue weighted by molar-refractivity contribution is 8.09. The van der Waals surface area contributed by atoms with E-state index in [0.29, 0.717) is 0 Å². The van der Waals surface area contributed by atoms with E-state index < -0.39 is 11.0 Å². The van der Waals surface area contributed by atoms with Gasteiger partial charge in [0.1, 0.15) is 5.12 Å². The molecule has 0 fully saturated rings. The minimum atomic E-state index is -3.18. The van der Waals surface area contributed by atoms with Crippen LogP contribution in [0.4, 0.5) is 0 Å². The van der Waals surface area contributed by atoms with Crippen LogP contribution in [0.5, 0.6) is 0 Å². The number of halogens is 4. The Morgan fingerprint density at radius 1 is 1.50 bits per heavy atom. The zero-order valence-corrected chi connectivity index (χ0v) is 7.57. The third kappa shape index (κ3) is 3.42. The van der Waals surface area contributed by atoms with E-state index in [0.717, 1.165) is 0 Å². The highest BCUT2D eigenvalue weighted by atomic mass is 35.9. The largest absolute Gasteiger partial charge is 0.288 e. The average Bonchev–Trinajstić information content (AvgIpc) is 1.62. The molecular weight excluding hydrogens is 213 g/mol. The fraction of sp³-hybridized carbons (Fsp3) is 1.00. The van der Waals surface area contributed by atoms with Crippen molar-refractivity contribution >= 4 is 51.5 Å². The van der Waals surface area contributed by atoms with E-state index in [1.54, 1.807) is 0 Å². The van der Waals surface area contributed by atoms with E-state index in [9.17, 15) is 4.57 Å². The van der Waals surface area contributed by atoms with E-state index in [-0.39, 0.29) is 5.88 Å². The van der Waals surface area contributed by atoms with Crippen LogP contribution >= 0.6 is 51.5 Å². The van der Waals surface area contributed by atoms with Crippen LogP contribution in [-0.2, 0) is 4.57 Å². The minimum Gasteiger partial charge on any atom is -0.288 e. The maximum absolute atomic E-state index is 10.5. The summed E-state index contributed by atoms with van der Waals surface area (Å²) < 4.78 is 10.5. The Morgan fingerprint density at radius 3 is 1.88 bits per heavy atom. The molecule has 0 heterocycles. The normalized spacial score (nSPS) is 16.0. The summed E-state index contributed by atoms with van der Waals surface area (Å²) in [5.41, 5.74) is 0. The van der Waals surface area contributed by atoms with E-state index in [1.165, 1.54) is 0 Å². The zero-order chi connectivity index (χ0) is 6.78. The second kappa shape index (κ2) is 3.53. The van der Waals surface area contributed by atoms with Gasteiger partial charge in [0.25, 0.3) is 5.85 Å². The molecule has 0 aromatic heterocycles. The van der Waals surface area contributed by atoms with Crippen molar-refractivity contribution in [3.8, 4) is 0 Å². The first-order valence-electron chi connectivity index (χ1n) is 1.67. The maximum Gasteiger partial charge on any atom is 0.271 e. The SMILES string of the molecule is O=P(Cl)(Cl)C(Cl)CCl. The smallest absolute Gasteiger partial charge is 0.271 e. The maximum atomic E-state index is 10.5. The van der Waals surface area contributed by atoms with Crippen molar-refractivity contribution in [2.45, 2.75) is 5.12 Å². The quantitative estimate of drug-likeness (QED) is 0.510. The van der Waals surface area contributed by atoms with Crippen LogP contribution in [0.1, 0.15) is 0 Å². The van der Waals surface area contributed by atoms with Gasteiger partial charge in [-0.1, -0.05) is 0 Å².